The molecule has 0 aliphatic rings. The SMILES string of the molecule is N#Cc1ncc(Nc2c(F)cccc2C(F)(F)F)cc1F. The van der Waals surface area contributed by atoms with Crippen LogP contribution in [0.3, 0.4) is 0 Å². The zero-order valence-electron chi connectivity index (χ0n) is 10.2. The molecule has 0 aliphatic carbocycles. The normalized spacial score (nSPS) is 11.0. The van der Waals surface area contributed by atoms with Crippen molar-refractivity contribution in [2.75, 3.05) is 5.32 Å². The molecule has 0 bridgehead atoms. The van der Waals surface area contributed by atoms with Crippen molar-refractivity contribution in [3.05, 3.63) is 53.4 Å². The minimum atomic E-state index is -4.77. The average Bonchev–Trinajstić information content (AvgIpc) is 2.40. The predicted molar refractivity (Wildman–Crippen MR) is 63.6 cm³/mol. The quantitative estimate of drug-likeness (QED) is 0.853. The molecule has 0 fully saturated rings. The highest BCUT2D eigenvalue weighted by molar-refractivity contribution is 5.64. The second kappa shape index (κ2) is 5.36. The van der Waals surface area contributed by atoms with E-state index in [1.165, 1.54) is 6.07 Å². The molecule has 1 N–H and O–H groups in total. The summed E-state index contributed by atoms with van der Waals surface area (Å²) in [6.45, 7) is 0. The van der Waals surface area contributed by atoms with Crippen LogP contribution in [-0.2, 0) is 6.18 Å². The van der Waals surface area contributed by atoms with Crippen molar-refractivity contribution in [2.24, 2.45) is 0 Å². The Morgan fingerprint density at radius 3 is 2.43 bits per heavy atom. The number of nitrogens with one attached hydrogen (secondary N) is 1. The van der Waals surface area contributed by atoms with E-state index in [1.807, 2.05) is 0 Å². The highest BCUT2D eigenvalue weighted by Gasteiger charge is 2.34. The summed E-state index contributed by atoms with van der Waals surface area (Å²) in [5.41, 5.74) is -2.78. The number of halogens is 5. The Kier molecular flexibility index (Phi) is 3.76. The minimum Gasteiger partial charge on any atom is -0.351 e. The summed E-state index contributed by atoms with van der Waals surface area (Å²) < 4.78 is 65.3. The van der Waals surface area contributed by atoms with E-state index in [0.717, 1.165) is 24.4 Å². The lowest BCUT2D eigenvalue weighted by Crippen LogP contribution is -2.10. The second-order valence-corrected chi connectivity index (χ2v) is 3.95. The van der Waals surface area contributed by atoms with Gasteiger partial charge in [-0.15, -0.1) is 0 Å². The molecule has 1 heterocycles. The number of benzene rings is 1. The summed E-state index contributed by atoms with van der Waals surface area (Å²) >= 11 is 0. The highest BCUT2D eigenvalue weighted by atomic mass is 19.4. The molecular formula is C13H6F5N3. The zero-order valence-corrected chi connectivity index (χ0v) is 10.2. The fraction of sp³-hybridized carbons (Fsp3) is 0.0769. The van der Waals surface area contributed by atoms with Crippen LogP contribution < -0.4 is 5.32 Å². The average molecular weight is 299 g/mol. The number of alkyl halides is 3. The number of aromatic nitrogens is 1. The Hall–Kier alpha value is -2.69. The molecule has 0 radical (unpaired) electrons. The maximum absolute atomic E-state index is 13.6. The Bertz CT molecular complexity index is 719. The van der Waals surface area contributed by atoms with Crippen LogP contribution in [0, 0.1) is 23.0 Å². The van der Waals surface area contributed by atoms with Crippen LogP contribution in [0.4, 0.5) is 33.3 Å². The lowest BCUT2D eigenvalue weighted by atomic mass is 10.1. The summed E-state index contributed by atoms with van der Waals surface area (Å²) in [6.07, 6.45) is -3.84. The number of nitrogens with zero attached hydrogens (tertiary/aromatic N) is 2. The molecule has 1 aromatic carbocycles. The van der Waals surface area contributed by atoms with E-state index in [2.05, 4.69) is 10.3 Å². The largest absolute Gasteiger partial charge is 0.418 e. The summed E-state index contributed by atoms with van der Waals surface area (Å²) in [7, 11) is 0. The molecule has 1 aromatic heterocycles. The van der Waals surface area contributed by atoms with E-state index >= 15 is 0 Å². The lowest BCUT2D eigenvalue weighted by molar-refractivity contribution is -0.137. The van der Waals surface area contributed by atoms with Crippen LogP contribution in [0.2, 0.25) is 0 Å². The number of para-hydroxylation sites is 1. The Morgan fingerprint density at radius 2 is 1.86 bits per heavy atom. The summed E-state index contributed by atoms with van der Waals surface area (Å²) in [5.74, 6) is -2.16. The van der Waals surface area contributed by atoms with Crippen molar-refractivity contribution in [3.8, 4) is 6.07 Å². The van der Waals surface area contributed by atoms with Crippen molar-refractivity contribution in [2.45, 2.75) is 6.18 Å². The van der Waals surface area contributed by atoms with Crippen molar-refractivity contribution in [1.29, 1.82) is 5.26 Å². The van der Waals surface area contributed by atoms with Crippen LogP contribution in [0.5, 0.6) is 0 Å². The van der Waals surface area contributed by atoms with Crippen molar-refractivity contribution < 1.29 is 22.0 Å². The number of rotatable bonds is 2. The first-order valence-corrected chi connectivity index (χ1v) is 5.51. The van der Waals surface area contributed by atoms with Gasteiger partial charge in [0.15, 0.2) is 11.5 Å². The molecule has 108 valence electrons. The molecule has 3 nitrogen and oxygen atoms in total. The second-order valence-electron chi connectivity index (χ2n) is 3.95. The summed E-state index contributed by atoms with van der Waals surface area (Å²) in [4.78, 5) is 3.41. The van der Waals surface area contributed by atoms with E-state index in [4.69, 9.17) is 5.26 Å². The van der Waals surface area contributed by atoms with Crippen LogP contribution in [0.1, 0.15) is 11.3 Å². The number of hydrogen-bond acceptors (Lipinski definition) is 3. The first kappa shape index (κ1) is 14.7. The van der Waals surface area contributed by atoms with Crippen molar-refractivity contribution in [3.63, 3.8) is 0 Å². The van der Waals surface area contributed by atoms with Gasteiger partial charge < -0.3 is 5.32 Å². The van der Waals surface area contributed by atoms with Gasteiger partial charge in [0, 0.05) is 6.07 Å². The van der Waals surface area contributed by atoms with Gasteiger partial charge in [0.05, 0.1) is 23.1 Å². The fourth-order valence-corrected chi connectivity index (χ4v) is 1.62. The van der Waals surface area contributed by atoms with Crippen LogP contribution in [0.15, 0.2) is 30.5 Å². The van der Waals surface area contributed by atoms with Gasteiger partial charge in [-0.2, -0.15) is 18.4 Å². The van der Waals surface area contributed by atoms with Gasteiger partial charge in [0.2, 0.25) is 0 Å². The van der Waals surface area contributed by atoms with E-state index in [1.54, 1.807) is 0 Å². The van der Waals surface area contributed by atoms with Gasteiger partial charge in [-0.1, -0.05) is 6.07 Å². The monoisotopic (exact) mass is 299 g/mol. The minimum absolute atomic E-state index is 0.206. The van der Waals surface area contributed by atoms with E-state index < -0.39 is 34.8 Å². The molecule has 2 rings (SSSR count). The molecule has 0 aliphatic heterocycles. The number of pyridine rings is 1. The first-order valence-electron chi connectivity index (χ1n) is 5.51. The fourth-order valence-electron chi connectivity index (χ4n) is 1.62. The van der Waals surface area contributed by atoms with Gasteiger partial charge in [0.25, 0.3) is 0 Å². The maximum Gasteiger partial charge on any atom is 0.418 e. The molecule has 0 unspecified atom stereocenters. The molecule has 0 saturated heterocycles. The Balaban J connectivity index is 2.45. The maximum atomic E-state index is 13.6. The summed E-state index contributed by atoms with van der Waals surface area (Å²) in [5, 5.41) is 10.6. The molecule has 0 atom stereocenters. The van der Waals surface area contributed by atoms with Crippen molar-refractivity contribution >= 4 is 11.4 Å². The third kappa shape index (κ3) is 3.08. The molecule has 2 aromatic rings. The predicted octanol–water partition coefficient (Wildman–Crippen LogP) is 3.99. The van der Waals surface area contributed by atoms with Crippen LogP contribution >= 0.6 is 0 Å². The standard InChI is InChI=1S/C13H6F5N3/c14-9-3-1-2-8(13(16,17)18)12(9)21-7-4-10(15)11(5-19)20-6-7/h1-4,6,21H. The third-order valence-electron chi connectivity index (χ3n) is 2.54. The van der Waals surface area contributed by atoms with Crippen molar-refractivity contribution in [1.82, 2.24) is 4.98 Å². The zero-order chi connectivity index (χ0) is 15.6. The Morgan fingerprint density at radius 1 is 1.14 bits per heavy atom. The third-order valence-corrected chi connectivity index (χ3v) is 2.54. The molecule has 8 heteroatoms. The van der Waals surface area contributed by atoms with E-state index in [-0.39, 0.29) is 5.69 Å². The summed E-state index contributed by atoms with van der Waals surface area (Å²) in [6, 6.07) is 4.68. The van der Waals surface area contributed by atoms with Gasteiger partial charge >= 0.3 is 6.18 Å². The van der Waals surface area contributed by atoms with E-state index in [0.29, 0.717) is 6.07 Å². The van der Waals surface area contributed by atoms with Crippen LogP contribution in [0.25, 0.3) is 0 Å². The Labute approximate surface area is 115 Å². The smallest absolute Gasteiger partial charge is 0.351 e. The first-order chi connectivity index (χ1) is 9.82. The topological polar surface area (TPSA) is 48.7 Å². The molecule has 21 heavy (non-hydrogen) atoms. The van der Waals surface area contributed by atoms with Crippen LogP contribution in [-0.4, -0.2) is 4.98 Å². The van der Waals surface area contributed by atoms with Gasteiger partial charge in [-0.25, -0.2) is 13.8 Å². The molecule has 0 amide bonds. The molecule has 0 saturated carbocycles. The highest BCUT2D eigenvalue weighted by Crippen LogP contribution is 2.37. The number of anilines is 2. The lowest BCUT2D eigenvalue weighted by Gasteiger charge is -2.15. The number of nitriles is 1. The van der Waals surface area contributed by atoms with Gasteiger partial charge in [-0.05, 0) is 12.1 Å². The molecular weight excluding hydrogens is 293 g/mol. The van der Waals surface area contributed by atoms with E-state index in [9.17, 15) is 22.0 Å². The van der Waals surface area contributed by atoms with Gasteiger partial charge in [0.1, 0.15) is 11.9 Å². The number of hydrogen-bond donors (Lipinski definition) is 1. The van der Waals surface area contributed by atoms with Gasteiger partial charge in [-0.3, -0.25) is 0 Å². The molecule has 0 spiro atoms.